The highest BCUT2D eigenvalue weighted by atomic mass is 16.5. The van der Waals surface area contributed by atoms with Gasteiger partial charge in [0.05, 0.1) is 16.8 Å². The Hall–Kier alpha value is -4.34. The molecule has 4 rings (SSSR count). The van der Waals surface area contributed by atoms with Gasteiger partial charge in [0, 0.05) is 6.07 Å². The largest absolute Gasteiger partial charge is 0.483 e. The SMILES string of the molecule is Cc1ccc(OCc2ccc(C(=O)O)o2)c(-n2c(N)c3c(cc2=O)C(=O)NC3=O)c1. The summed E-state index contributed by atoms with van der Waals surface area (Å²) in [7, 11) is 0. The Labute approximate surface area is 168 Å². The van der Waals surface area contributed by atoms with E-state index in [1.807, 2.05) is 0 Å². The molecule has 1 aromatic carbocycles. The number of pyridine rings is 1. The molecule has 152 valence electrons. The number of hydrogen-bond acceptors (Lipinski definition) is 7. The van der Waals surface area contributed by atoms with Crippen LogP contribution in [0.15, 0.2) is 45.6 Å². The number of nitrogen functional groups attached to an aromatic ring is 1. The first kappa shape index (κ1) is 19.0. The van der Waals surface area contributed by atoms with E-state index in [1.54, 1.807) is 25.1 Å². The van der Waals surface area contributed by atoms with E-state index in [1.165, 1.54) is 12.1 Å². The minimum absolute atomic E-state index is 0.0781. The lowest BCUT2D eigenvalue weighted by molar-refractivity contribution is 0.0657. The van der Waals surface area contributed by atoms with Crippen LogP contribution in [-0.4, -0.2) is 27.5 Å². The summed E-state index contributed by atoms with van der Waals surface area (Å²) in [5.74, 6) is -2.49. The van der Waals surface area contributed by atoms with Crippen LogP contribution in [0.2, 0.25) is 0 Å². The number of aryl methyl sites for hydroxylation is 1. The van der Waals surface area contributed by atoms with Crippen LogP contribution in [0.4, 0.5) is 5.82 Å². The quantitative estimate of drug-likeness (QED) is 0.536. The molecule has 1 aliphatic heterocycles. The molecule has 3 heterocycles. The molecular weight excluding hydrogens is 394 g/mol. The number of ether oxygens (including phenoxy) is 1. The van der Waals surface area contributed by atoms with Gasteiger partial charge in [-0.05, 0) is 36.8 Å². The first-order valence-corrected chi connectivity index (χ1v) is 8.73. The number of imide groups is 1. The molecule has 0 saturated carbocycles. The molecule has 10 heteroatoms. The Bertz CT molecular complexity index is 1290. The summed E-state index contributed by atoms with van der Waals surface area (Å²) in [6, 6.07) is 8.80. The first-order valence-electron chi connectivity index (χ1n) is 8.73. The van der Waals surface area contributed by atoms with Crippen molar-refractivity contribution in [3.63, 3.8) is 0 Å². The highest BCUT2D eigenvalue weighted by Gasteiger charge is 2.32. The number of nitrogens with two attached hydrogens (primary N) is 1. The molecule has 0 spiro atoms. The molecule has 4 N–H and O–H groups in total. The second kappa shape index (κ2) is 6.92. The van der Waals surface area contributed by atoms with Crippen molar-refractivity contribution in [3.8, 4) is 11.4 Å². The number of anilines is 1. The number of nitrogens with one attached hydrogen (secondary N) is 1. The zero-order valence-electron chi connectivity index (χ0n) is 15.6. The Morgan fingerprint density at radius 1 is 1.17 bits per heavy atom. The number of amides is 2. The molecule has 0 bridgehead atoms. The summed E-state index contributed by atoms with van der Waals surface area (Å²) in [6.07, 6.45) is 0. The van der Waals surface area contributed by atoms with Gasteiger partial charge in [-0.3, -0.25) is 24.3 Å². The monoisotopic (exact) mass is 409 g/mol. The molecule has 0 saturated heterocycles. The maximum atomic E-state index is 12.7. The molecule has 0 radical (unpaired) electrons. The van der Waals surface area contributed by atoms with Crippen LogP contribution in [0.3, 0.4) is 0 Å². The zero-order valence-corrected chi connectivity index (χ0v) is 15.6. The first-order chi connectivity index (χ1) is 14.3. The fourth-order valence-electron chi connectivity index (χ4n) is 3.17. The number of carboxylic acids is 1. The average molecular weight is 409 g/mol. The van der Waals surface area contributed by atoms with Crippen molar-refractivity contribution in [1.29, 1.82) is 0 Å². The van der Waals surface area contributed by atoms with E-state index in [0.717, 1.165) is 16.2 Å². The fraction of sp³-hybridized carbons (Fsp3) is 0.100. The topological polar surface area (TPSA) is 154 Å². The van der Waals surface area contributed by atoms with E-state index in [2.05, 4.69) is 5.32 Å². The lowest BCUT2D eigenvalue weighted by Crippen LogP contribution is -2.24. The lowest BCUT2D eigenvalue weighted by Gasteiger charge is -2.16. The van der Waals surface area contributed by atoms with Gasteiger partial charge in [-0.2, -0.15) is 0 Å². The highest BCUT2D eigenvalue weighted by molar-refractivity contribution is 6.23. The predicted molar refractivity (Wildman–Crippen MR) is 103 cm³/mol. The Balaban J connectivity index is 1.77. The average Bonchev–Trinajstić information content (AvgIpc) is 3.26. The predicted octanol–water partition coefficient (Wildman–Crippen LogP) is 1.48. The molecule has 0 atom stereocenters. The van der Waals surface area contributed by atoms with Crippen LogP contribution in [-0.2, 0) is 6.61 Å². The summed E-state index contributed by atoms with van der Waals surface area (Å²) < 4.78 is 12.0. The molecule has 1 aliphatic rings. The van der Waals surface area contributed by atoms with Crippen LogP contribution in [0, 0.1) is 6.92 Å². The third-order valence-corrected chi connectivity index (χ3v) is 4.55. The summed E-state index contributed by atoms with van der Waals surface area (Å²) in [5, 5.41) is 11.1. The lowest BCUT2D eigenvalue weighted by atomic mass is 10.1. The van der Waals surface area contributed by atoms with Gasteiger partial charge in [-0.25, -0.2) is 4.79 Å². The highest BCUT2D eigenvalue weighted by Crippen LogP contribution is 2.29. The number of benzene rings is 1. The van der Waals surface area contributed by atoms with Crippen molar-refractivity contribution in [2.24, 2.45) is 0 Å². The van der Waals surface area contributed by atoms with Crippen LogP contribution in [0.5, 0.6) is 5.75 Å². The molecule has 2 aromatic heterocycles. The van der Waals surface area contributed by atoms with E-state index in [0.29, 0.717) is 0 Å². The number of hydrogen-bond donors (Lipinski definition) is 3. The minimum atomic E-state index is -1.21. The number of furan rings is 1. The molecule has 2 amide bonds. The maximum Gasteiger partial charge on any atom is 0.371 e. The van der Waals surface area contributed by atoms with Crippen LogP contribution in [0.1, 0.15) is 42.6 Å². The zero-order chi connectivity index (χ0) is 21.6. The second-order valence-electron chi connectivity index (χ2n) is 6.61. The van der Waals surface area contributed by atoms with E-state index >= 15 is 0 Å². The molecule has 0 fully saturated rings. The van der Waals surface area contributed by atoms with Gasteiger partial charge in [0.15, 0.2) is 0 Å². The van der Waals surface area contributed by atoms with Crippen LogP contribution < -0.4 is 21.3 Å². The Kier molecular flexibility index (Phi) is 4.38. The Morgan fingerprint density at radius 3 is 2.63 bits per heavy atom. The number of carboxylic acid groups (broad SMARTS) is 1. The third-order valence-electron chi connectivity index (χ3n) is 4.55. The number of carbonyl (C=O) groups excluding carboxylic acids is 2. The van der Waals surface area contributed by atoms with E-state index in [-0.39, 0.29) is 46.5 Å². The van der Waals surface area contributed by atoms with E-state index in [9.17, 15) is 19.2 Å². The summed E-state index contributed by atoms with van der Waals surface area (Å²) in [4.78, 5) is 47.6. The van der Waals surface area contributed by atoms with Gasteiger partial charge >= 0.3 is 5.97 Å². The van der Waals surface area contributed by atoms with E-state index < -0.39 is 23.3 Å². The molecule has 0 aliphatic carbocycles. The number of carbonyl (C=O) groups is 3. The summed E-state index contributed by atoms with van der Waals surface area (Å²) in [5.41, 5.74) is 6.37. The standard InChI is InChI=1S/C20H15N3O7/c1-9-2-4-13(29-8-10-3-5-14(30-10)20(27)28)12(6-9)23-15(24)7-11-16(17(23)21)19(26)22-18(11)25/h2-7H,8,21H2,1H3,(H,27,28)(H,22,25,26). The van der Waals surface area contributed by atoms with Crippen molar-refractivity contribution < 1.29 is 28.6 Å². The molecule has 0 unspecified atom stereocenters. The molecule has 3 aromatic rings. The number of nitrogens with zero attached hydrogens (tertiary/aromatic N) is 1. The molecule has 10 nitrogen and oxygen atoms in total. The molecule has 30 heavy (non-hydrogen) atoms. The van der Waals surface area contributed by atoms with E-state index in [4.69, 9.17) is 20.0 Å². The third kappa shape index (κ3) is 3.09. The number of fused-ring (bicyclic) bond motifs is 1. The van der Waals surface area contributed by atoms with Crippen molar-refractivity contribution in [1.82, 2.24) is 9.88 Å². The van der Waals surface area contributed by atoms with Gasteiger partial charge in [0.25, 0.3) is 17.4 Å². The maximum absolute atomic E-state index is 12.7. The Morgan fingerprint density at radius 2 is 1.93 bits per heavy atom. The van der Waals surface area contributed by atoms with Crippen molar-refractivity contribution in [3.05, 3.63) is 75.0 Å². The normalized spacial score (nSPS) is 12.6. The minimum Gasteiger partial charge on any atom is -0.483 e. The smallest absolute Gasteiger partial charge is 0.371 e. The van der Waals surface area contributed by atoms with Crippen molar-refractivity contribution in [2.45, 2.75) is 13.5 Å². The number of aromatic carboxylic acids is 1. The fourth-order valence-corrected chi connectivity index (χ4v) is 3.17. The molecular formula is C20H15N3O7. The summed E-state index contributed by atoms with van der Waals surface area (Å²) >= 11 is 0. The summed E-state index contributed by atoms with van der Waals surface area (Å²) in [6.45, 7) is 1.69. The van der Waals surface area contributed by atoms with Crippen molar-refractivity contribution >= 4 is 23.6 Å². The number of rotatable bonds is 5. The van der Waals surface area contributed by atoms with Crippen LogP contribution in [0.25, 0.3) is 5.69 Å². The van der Waals surface area contributed by atoms with Gasteiger partial charge in [-0.1, -0.05) is 6.07 Å². The van der Waals surface area contributed by atoms with Crippen molar-refractivity contribution in [2.75, 3.05) is 5.73 Å². The number of aromatic nitrogens is 1. The van der Waals surface area contributed by atoms with Gasteiger partial charge in [0.1, 0.15) is 23.9 Å². The van der Waals surface area contributed by atoms with Gasteiger partial charge in [0.2, 0.25) is 5.76 Å². The second-order valence-corrected chi connectivity index (χ2v) is 6.61. The van der Waals surface area contributed by atoms with Gasteiger partial charge < -0.3 is 20.0 Å². The van der Waals surface area contributed by atoms with Crippen LogP contribution >= 0.6 is 0 Å². The van der Waals surface area contributed by atoms with Gasteiger partial charge in [-0.15, -0.1) is 0 Å².